The molecule has 1 aromatic heterocycles. The number of hydrogen-bond acceptors (Lipinski definition) is 5. The molecule has 2 aromatic carbocycles. The van der Waals surface area contributed by atoms with E-state index in [0.717, 1.165) is 42.6 Å². The van der Waals surface area contributed by atoms with Crippen LogP contribution in [-0.2, 0) is 10.0 Å². The molecule has 0 atom stereocenters. The third-order valence-electron chi connectivity index (χ3n) is 5.46. The summed E-state index contributed by atoms with van der Waals surface area (Å²) in [7, 11) is -3.49. The molecule has 1 aliphatic rings. The van der Waals surface area contributed by atoms with Crippen molar-refractivity contribution in [1.82, 2.24) is 14.8 Å². The van der Waals surface area contributed by atoms with Gasteiger partial charge in [-0.1, -0.05) is 17.3 Å². The van der Waals surface area contributed by atoms with Crippen LogP contribution in [0.5, 0.6) is 0 Å². The minimum absolute atomic E-state index is 0.266. The minimum atomic E-state index is -3.49. The lowest BCUT2D eigenvalue weighted by molar-refractivity contribution is 0.212. The summed E-state index contributed by atoms with van der Waals surface area (Å²) >= 11 is 0. The molecule has 1 aliphatic heterocycles. The molecular weight excluding hydrogens is 393 g/mol. The van der Waals surface area contributed by atoms with E-state index >= 15 is 0 Å². The van der Waals surface area contributed by atoms with E-state index in [1.54, 1.807) is 24.3 Å². The first-order chi connectivity index (χ1) is 13.9. The van der Waals surface area contributed by atoms with E-state index in [-0.39, 0.29) is 11.7 Å². The van der Waals surface area contributed by atoms with Crippen molar-refractivity contribution < 1.29 is 17.3 Å². The minimum Gasteiger partial charge on any atom is -0.356 e. The average Bonchev–Trinajstić information content (AvgIpc) is 3.11. The predicted molar refractivity (Wildman–Crippen MR) is 109 cm³/mol. The Hall–Kier alpha value is -2.29. The molecule has 154 valence electrons. The molecule has 4 rings (SSSR count). The monoisotopic (exact) mass is 417 g/mol. The van der Waals surface area contributed by atoms with Gasteiger partial charge in [0.05, 0.1) is 10.6 Å². The SMILES string of the molecule is Cc1cccc(S(=O)(=O)NCCN2CCC(c3noc4cc(F)ccc34)CC2)c1. The summed E-state index contributed by atoms with van der Waals surface area (Å²) in [5.41, 5.74) is 2.28. The Balaban J connectivity index is 1.30. The highest BCUT2D eigenvalue weighted by molar-refractivity contribution is 7.89. The third-order valence-corrected chi connectivity index (χ3v) is 6.91. The molecule has 0 spiro atoms. The van der Waals surface area contributed by atoms with Crippen molar-refractivity contribution in [3.63, 3.8) is 0 Å². The fourth-order valence-corrected chi connectivity index (χ4v) is 4.98. The number of sulfonamides is 1. The largest absolute Gasteiger partial charge is 0.356 e. The van der Waals surface area contributed by atoms with E-state index in [0.29, 0.717) is 23.6 Å². The maximum Gasteiger partial charge on any atom is 0.240 e. The quantitative estimate of drug-likeness (QED) is 0.665. The number of halogens is 1. The smallest absolute Gasteiger partial charge is 0.240 e. The number of aryl methyl sites for hydroxylation is 1. The van der Waals surface area contributed by atoms with Crippen molar-refractivity contribution in [3.05, 3.63) is 59.5 Å². The number of nitrogens with one attached hydrogen (secondary N) is 1. The van der Waals surface area contributed by atoms with Crippen molar-refractivity contribution in [1.29, 1.82) is 0 Å². The van der Waals surface area contributed by atoms with Gasteiger partial charge in [-0.05, 0) is 62.7 Å². The lowest BCUT2D eigenvalue weighted by Crippen LogP contribution is -2.39. The van der Waals surface area contributed by atoms with Crippen molar-refractivity contribution in [3.8, 4) is 0 Å². The summed E-state index contributed by atoms with van der Waals surface area (Å²) in [6.45, 7) is 4.60. The van der Waals surface area contributed by atoms with Gasteiger partial charge in [0, 0.05) is 30.5 Å². The highest BCUT2D eigenvalue weighted by Gasteiger charge is 2.25. The normalized spacial score (nSPS) is 16.5. The second-order valence-electron chi connectivity index (χ2n) is 7.54. The number of nitrogens with zero attached hydrogens (tertiary/aromatic N) is 2. The van der Waals surface area contributed by atoms with Crippen LogP contribution in [0.2, 0.25) is 0 Å². The Morgan fingerprint density at radius 1 is 1.21 bits per heavy atom. The van der Waals surface area contributed by atoms with E-state index < -0.39 is 10.0 Å². The average molecular weight is 418 g/mol. The Morgan fingerprint density at radius 2 is 2.00 bits per heavy atom. The fourth-order valence-electron chi connectivity index (χ4n) is 3.86. The molecule has 0 saturated carbocycles. The van der Waals surface area contributed by atoms with Gasteiger partial charge in [-0.15, -0.1) is 0 Å². The van der Waals surface area contributed by atoms with Crippen LogP contribution in [0.15, 0.2) is 51.9 Å². The molecular formula is C21H24FN3O3S. The van der Waals surface area contributed by atoms with E-state index in [1.165, 1.54) is 12.1 Å². The first-order valence-electron chi connectivity index (χ1n) is 9.76. The molecule has 29 heavy (non-hydrogen) atoms. The summed E-state index contributed by atoms with van der Waals surface area (Å²) in [5, 5.41) is 5.04. The van der Waals surface area contributed by atoms with Crippen LogP contribution in [0.3, 0.4) is 0 Å². The Bertz CT molecular complexity index is 1110. The maximum absolute atomic E-state index is 13.3. The van der Waals surface area contributed by atoms with Crippen LogP contribution in [0.1, 0.15) is 30.0 Å². The molecule has 0 unspecified atom stereocenters. The van der Waals surface area contributed by atoms with Crippen molar-refractivity contribution >= 4 is 21.0 Å². The Morgan fingerprint density at radius 3 is 2.76 bits per heavy atom. The lowest BCUT2D eigenvalue weighted by Gasteiger charge is -2.31. The zero-order valence-corrected chi connectivity index (χ0v) is 17.1. The fraction of sp³-hybridized carbons (Fsp3) is 0.381. The maximum atomic E-state index is 13.3. The van der Waals surface area contributed by atoms with Gasteiger partial charge < -0.3 is 9.42 Å². The third kappa shape index (κ3) is 4.49. The molecule has 0 radical (unpaired) electrons. The van der Waals surface area contributed by atoms with Crippen LogP contribution in [0.25, 0.3) is 11.0 Å². The number of likely N-dealkylation sites (tertiary alicyclic amines) is 1. The Kier molecular flexibility index (Phi) is 5.67. The van der Waals surface area contributed by atoms with E-state index in [2.05, 4.69) is 14.8 Å². The van der Waals surface area contributed by atoms with Crippen molar-refractivity contribution in [2.75, 3.05) is 26.2 Å². The zero-order valence-electron chi connectivity index (χ0n) is 16.3. The number of benzene rings is 2. The molecule has 8 heteroatoms. The number of rotatable bonds is 6. The number of hydrogen-bond donors (Lipinski definition) is 1. The van der Waals surface area contributed by atoms with Crippen molar-refractivity contribution in [2.45, 2.75) is 30.6 Å². The molecule has 0 aliphatic carbocycles. The molecule has 1 saturated heterocycles. The number of fused-ring (bicyclic) bond motifs is 1. The zero-order chi connectivity index (χ0) is 20.4. The van der Waals surface area contributed by atoms with Crippen LogP contribution >= 0.6 is 0 Å². The summed E-state index contributed by atoms with van der Waals surface area (Å²) in [5.74, 6) is -0.0647. The van der Waals surface area contributed by atoms with Gasteiger partial charge in [0.15, 0.2) is 5.58 Å². The van der Waals surface area contributed by atoms with Crippen LogP contribution in [0.4, 0.5) is 4.39 Å². The lowest BCUT2D eigenvalue weighted by atomic mass is 9.91. The molecule has 1 N–H and O–H groups in total. The van der Waals surface area contributed by atoms with Crippen LogP contribution < -0.4 is 4.72 Å². The van der Waals surface area contributed by atoms with Crippen molar-refractivity contribution in [2.24, 2.45) is 0 Å². The first kappa shape index (κ1) is 20.0. The van der Waals surface area contributed by atoms with Crippen LogP contribution in [-0.4, -0.2) is 44.7 Å². The highest BCUT2D eigenvalue weighted by atomic mass is 32.2. The van der Waals surface area contributed by atoms with Gasteiger partial charge in [0.25, 0.3) is 0 Å². The second kappa shape index (κ2) is 8.22. The van der Waals surface area contributed by atoms with Gasteiger partial charge in [-0.2, -0.15) is 0 Å². The van der Waals surface area contributed by atoms with Gasteiger partial charge >= 0.3 is 0 Å². The summed E-state index contributed by atoms with van der Waals surface area (Å²) in [6.07, 6.45) is 1.81. The standard InChI is InChI=1S/C21H24FN3O3S/c1-15-3-2-4-18(13-15)29(26,27)23-9-12-25-10-7-16(8-11-25)21-19-6-5-17(22)14-20(19)28-24-21/h2-6,13-14,16,23H,7-12H2,1H3. The predicted octanol–water partition coefficient (Wildman–Crippen LogP) is 3.43. The van der Waals surface area contributed by atoms with Gasteiger partial charge in [0.2, 0.25) is 10.0 Å². The molecule has 0 amide bonds. The van der Waals surface area contributed by atoms with Gasteiger partial charge in [0.1, 0.15) is 5.82 Å². The van der Waals surface area contributed by atoms with E-state index in [4.69, 9.17) is 4.52 Å². The Labute approximate surface area is 169 Å². The summed E-state index contributed by atoms with van der Waals surface area (Å²) in [6, 6.07) is 11.4. The van der Waals surface area contributed by atoms with Gasteiger partial charge in [-0.3, -0.25) is 0 Å². The molecule has 0 bridgehead atoms. The number of piperidine rings is 1. The molecule has 3 aromatic rings. The van der Waals surface area contributed by atoms with Crippen LogP contribution in [0, 0.1) is 12.7 Å². The molecule has 1 fully saturated rings. The van der Waals surface area contributed by atoms with E-state index in [9.17, 15) is 12.8 Å². The first-order valence-corrected chi connectivity index (χ1v) is 11.2. The highest BCUT2D eigenvalue weighted by Crippen LogP contribution is 2.32. The molecule has 6 nitrogen and oxygen atoms in total. The topological polar surface area (TPSA) is 75.4 Å². The number of aromatic nitrogens is 1. The summed E-state index contributed by atoms with van der Waals surface area (Å²) < 4.78 is 46.1. The second-order valence-corrected chi connectivity index (χ2v) is 9.31. The molecule has 2 heterocycles. The van der Waals surface area contributed by atoms with Gasteiger partial charge in [-0.25, -0.2) is 17.5 Å². The summed E-state index contributed by atoms with van der Waals surface area (Å²) in [4.78, 5) is 2.54. The van der Waals surface area contributed by atoms with E-state index in [1.807, 2.05) is 13.0 Å².